The summed E-state index contributed by atoms with van der Waals surface area (Å²) in [7, 11) is 1.98. The fourth-order valence-electron chi connectivity index (χ4n) is 5.05. The molecule has 3 aliphatic heterocycles. The highest BCUT2D eigenvalue weighted by atomic mass is 28.4. The van der Waals surface area contributed by atoms with Crippen molar-refractivity contribution >= 4 is 20.7 Å². The van der Waals surface area contributed by atoms with Crippen LogP contribution < -0.4 is 18.9 Å². The normalized spacial score (nSPS) is 20.3. The first-order valence-corrected chi connectivity index (χ1v) is 16.2. The van der Waals surface area contributed by atoms with Gasteiger partial charge in [-0.3, -0.25) is 14.4 Å². The zero-order valence-electron chi connectivity index (χ0n) is 24.8. The zero-order valence-corrected chi connectivity index (χ0v) is 25.8. The van der Waals surface area contributed by atoms with Crippen molar-refractivity contribution in [3.63, 3.8) is 0 Å². The van der Waals surface area contributed by atoms with Gasteiger partial charge >= 0.3 is 8.80 Å². The van der Waals surface area contributed by atoms with Crippen LogP contribution in [0.25, 0.3) is 6.08 Å². The molecule has 4 heterocycles. The molecule has 3 saturated heterocycles. The molecule has 3 fully saturated rings. The van der Waals surface area contributed by atoms with Crippen molar-refractivity contribution in [2.75, 3.05) is 60.8 Å². The molecular formula is C30H38N4O8Si. The van der Waals surface area contributed by atoms with E-state index in [1.165, 1.54) is 13.2 Å². The Balaban J connectivity index is 1.14. The van der Waals surface area contributed by atoms with Crippen LogP contribution in [-0.2, 0) is 26.4 Å². The van der Waals surface area contributed by atoms with Crippen molar-refractivity contribution in [2.45, 2.75) is 25.6 Å². The molecule has 0 spiro atoms. The van der Waals surface area contributed by atoms with Crippen LogP contribution in [0.3, 0.4) is 0 Å². The number of methoxy groups -OCH3 is 3. The Morgan fingerprint density at radius 3 is 2.42 bits per heavy atom. The Morgan fingerprint density at radius 1 is 0.977 bits per heavy atom. The first-order valence-electron chi connectivity index (χ1n) is 14.3. The van der Waals surface area contributed by atoms with E-state index in [-0.39, 0.29) is 12.4 Å². The fourth-order valence-corrected chi connectivity index (χ4v) is 7.53. The summed E-state index contributed by atoms with van der Waals surface area (Å²) in [6.07, 6.45) is 5.85. The van der Waals surface area contributed by atoms with Crippen molar-refractivity contribution in [2.24, 2.45) is 0 Å². The molecule has 0 unspecified atom stereocenters. The van der Waals surface area contributed by atoms with Gasteiger partial charge in [-0.25, -0.2) is 0 Å². The van der Waals surface area contributed by atoms with E-state index in [2.05, 4.69) is 15.2 Å². The van der Waals surface area contributed by atoms with Crippen molar-refractivity contribution in [1.29, 1.82) is 0 Å². The van der Waals surface area contributed by atoms with Gasteiger partial charge in [0.15, 0.2) is 17.3 Å². The molecule has 3 aliphatic rings. The number of aromatic nitrogens is 3. The molecule has 12 nitrogen and oxygen atoms in total. The number of rotatable bonds is 13. The predicted octanol–water partition coefficient (Wildman–Crippen LogP) is 3.49. The summed E-state index contributed by atoms with van der Waals surface area (Å²) in [6.45, 7) is 5.61. The van der Waals surface area contributed by atoms with Crippen molar-refractivity contribution in [1.82, 2.24) is 19.9 Å². The number of fused-ring (bicyclic) bond motifs is 6. The topological polar surface area (TPSA) is 116 Å². The first-order chi connectivity index (χ1) is 21.0. The van der Waals surface area contributed by atoms with Crippen LogP contribution in [0.5, 0.6) is 23.0 Å². The van der Waals surface area contributed by atoms with Crippen LogP contribution in [0, 0.1) is 0 Å². The maximum atomic E-state index is 13.0. The molecule has 43 heavy (non-hydrogen) atoms. The van der Waals surface area contributed by atoms with E-state index in [4.69, 9.17) is 32.2 Å². The number of carbonyl (C=O) groups is 1. The summed E-state index contributed by atoms with van der Waals surface area (Å²) in [5.41, 5.74) is 1.86. The number of benzene rings is 2. The van der Waals surface area contributed by atoms with E-state index in [1.54, 1.807) is 61.4 Å². The standard InChI is InChI=1S/C30H38N4O8Si/c1-36-28-11-9-23(29(37-2)30(28)38-3)8-10-27(35)24-6-4-7-26(20-24)39-22-25-21-34(32-31-25)12-5-19-43-40-16-13-33(14-17-41-43)15-18-42-43/h4,6-11,20-21H,5,12-19,22H2,1-3H3/b10-8+. The van der Waals surface area contributed by atoms with Crippen molar-refractivity contribution < 1.29 is 37.0 Å². The molecule has 0 aliphatic carbocycles. The van der Waals surface area contributed by atoms with Gasteiger partial charge in [0.2, 0.25) is 5.75 Å². The molecule has 13 heteroatoms. The minimum Gasteiger partial charge on any atom is -0.493 e. The van der Waals surface area contributed by atoms with Gasteiger partial charge in [-0.1, -0.05) is 17.3 Å². The summed E-state index contributed by atoms with van der Waals surface area (Å²) in [4.78, 5) is 15.3. The van der Waals surface area contributed by atoms with Crippen LogP contribution in [-0.4, -0.2) is 95.3 Å². The largest absolute Gasteiger partial charge is 0.501 e. The number of allylic oxidation sites excluding steroid dienone is 1. The highest BCUT2D eigenvalue weighted by Crippen LogP contribution is 2.40. The second kappa shape index (κ2) is 14.6. The fraction of sp³-hybridized carbons (Fsp3) is 0.433. The Morgan fingerprint density at radius 2 is 1.72 bits per heavy atom. The van der Waals surface area contributed by atoms with Gasteiger partial charge in [0.25, 0.3) is 0 Å². The first kappa shape index (κ1) is 30.7. The Bertz CT molecular complexity index is 1390. The number of nitrogens with zero attached hydrogens (tertiary/aromatic N) is 4. The van der Waals surface area contributed by atoms with Crippen LogP contribution in [0.1, 0.15) is 28.0 Å². The van der Waals surface area contributed by atoms with Gasteiger partial charge in [0, 0.05) is 43.4 Å². The van der Waals surface area contributed by atoms with Crippen LogP contribution in [0.2, 0.25) is 6.04 Å². The maximum absolute atomic E-state index is 13.0. The van der Waals surface area contributed by atoms with E-state index in [0.717, 1.165) is 32.1 Å². The van der Waals surface area contributed by atoms with Crippen molar-refractivity contribution in [3.8, 4) is 23.0 Å². The van der Waals surface area contributed by atoms with Gasteiger partial charge in [0.05, 0.1) is 47.3 Å². The van der Waals surface area contributed by atoms with Gasteiger partial charge in [-0.2, -0.15) is 0 Å². The minimum atomic E-state index is -2.65. The molecule has 3 aromatic rings. The van der Waals surface area contributed by atoms with Gasteiger partial charge in [-0.05, 0) is 42.8 Å². The SMILES string of the molecule is COc1ccc(/C=C/C(=O)c2cccc(OCc3cn(CCC[Si]45OCCN(CCO4)CCO5)nn3)c2)c(OC)c1OC. The maximum Gasteiger partial charge on any atom is 0.501 e. The molecule has 6 rings (SSSR count). The number of aryl methyl sites for hydroxylation is 1. The number of ether oxygens (including phenoxy) is 4. The molecule has 0 amide bonds. The van der Waals surface area contributed by atoms with E-state index in [1.807, 2.05) is 6.20 Å². The number of ketones is 1. The zero-order chi connectivity index (χ0) is 30.1. The third-order valence-electron chi connectivity index (χ3n) is 7.30. The van der Waals surface area contributed by atoms with Crippen LogP contribution >= 0.6 is 0 Å². The van der Waals surface area contributed by atoms with E-state index >= 15 is 0 Å². The Hall–Kier alpha value is -3.75. The van der Waals surface area contributed by atoms with E-state index in [9.17, 15) is 4.79 Å². The lowest BCUT2D eigenvalue weighted by molar-refractivity contribution is -0.00869. The van der Waals surface area contributed by atoms with Gasteiger partial charge in [-0.15, -0.1) is 5.10 Å². The lowest BCUT2D eigenvalue weighted by atomic mass is 10.1. The quantitative estimate of drug-likeness (QED) is 0.161. The average molecular weight is 611 g/mol. The molecule has 0 N–H and O–H groups in total. The lowest BCUT2D eigenvalue weighted by Gasteiger charge is -2.38. The summed E-state index contributed by atoms with van der Waals surface area (Å²) in [5, 5.41) is 8.48. The number of hydrogen-bond acceptors (Lipinski definition) is 11. The van der Waals surface area contributed by atoms with Crippen molar-refractivity contribution in [3.05, 3.63) is 65.5 Å². The third-order valence-corrected chi connectivity index (χ3v) is 10.2. The minimum absolute atomic E-state index is 0.181. The number of hydrogen-bond donors (Lipinski definition) is 0. The molecular weight excluding hydrogens is 572 g/mol. The highest BCUT2D eigenvalue weighted by Gasteiger charge is 2.43. The Kier molecular flexibility index (Phi) is 10.4. The monoisotopic (exact) mass is 610 g/mol. The molecule has 0 saturated carbocycles. The van der Waals surface area contributed by atoms with E-state index in [0.29, 0.717) is 66.2 Å². The molecule has 2 bridgehead atoms. The summed E-state index contributed by atoms with van der Waals surface area (Å²) in [5.74, 6) is 1.86. The molecule has 1 aromatic heterocycles. The predicted molar refractivity (Wildman–Crippen MR) is 160 cm³/mol. The Labute approximate surface area is 252 Å². The van der Waals surface area contributed by atoms with Crippen LogP contribution in [0.15, 0.2) is 48.7 Å². The van der Waals surface area contributed by atoms with E-state index < -0.39 is 8.80 Å². The van der Waals surface area contributed by atoms with Gasteiger partial charge < -0.3 is 32.2 Å². The molecule has 0 radical (unpaired) electrons. The van der Waals surface area contributed by atoms with Crippen LogP contribution in [0.4, 0.5) is 0 Å². The molecule has 2 aromatic carbocycles. The molecule has 230 valence electrons. The average Bonchev–Trinajstić information content (AvgIpc) is 3.46. The van der Waals surface area contributed by atoms with Gasteiger partial charge in [0.1, 0.15) is 18.1 Å². The highest BCUT2D eigenvalue weighted by molar-refractivity contribution is 6.60. The number of carbonyl (C=O) groups excluding carboxylic acids is 1. The summed E-state index contributed by atoms with van der Waals surface area (Å²) < 4.78 is 42.3. The second-order valence-electron chi connectivity index (χ2n) is 10.1. The smallest absolute Gasteiger partial charge is 0.493 e. The molecule has 0 atom stereocenters. The third kappa shape index (κ3) is 7.80. The second-order valence-corrected chi connectivity index (χ2v) is 12.8. The summed E-state index contributed by atoms with van der Waals surface area (Å²) >= 11 is 0. The lowest BCUT2D eigenvalue weighted by Crippen LogP contribution is -2.55. The summed E-state index contributed by atoms with van der Waals surface area (Å²) in [6, 6.07) is 11.3.